The molecule has 0 fully saturated rings. The molecule has 0 atom stereocenters. The zero-order valence-corrected chi connectivity index (χ0v) is 29.3. The molecule has 0 aliphatic rings. The van der Waals surface area contributed by atoms with Crippen LogP contribution in [0.5, 0.6) is 0 Å². The Hall–Kier alpha value is -7.30. The van der Waals surface area contributed by atoms with Gasteiger partial charge < -0.3 is 9.13 Å². The molecule has 0 aliphatic carbocycles. The summed E-state index contributed by atoms with van der Waals surface area (Å²) in [6.45, 7) is 0. The van der Waals surface area contributed by atoms with Crippen molar-refractivity contribution >= 4 is 54.5 Å². The van der Waals surface area contributed by atoms with Crippen molar-refractivity contribution < 1.29 is 0 Å². The summed E-state index contributed by atoms with van der Waals surface area (Å²) in [6, 6.07) is 68.9. The first kappa shape index (κ1) is 30.3. The summed E-state index contributed by atoms with van der Waals surface area (Å²) in [7, 11) is 0. The lowest BCUT2D eigenvalue weighted by Gasteiger charge is -2.12. The van der Waals surface area contributed by atoms with Gasteiger partial charge in [-0.1, -0.05) is 140 Å². The van der Waals surface area contributed by atoms with Crippen molar-refractivity contribution in [3.05, 3.63) is 194 Å². The van der Waals surface area contributed by atoms with Gasteiger partial charge in [-0.25, -0.2) is 9.97 Å². The van der Waals surface area contributed by atoms with E-state index in [0.29, 0.717) is 5.82 Å². The SMILES string of the molecule is c1ccc(-c2ccc(-c3nc(-c4cccc(-n5c6ccccc6c6c7c8ccccc8n(-c8ccccc8)c7ccc65)c4)nc4ccccc34)cc2)cc1. The van der Waals surface area contributed by atoms with Crippen LogP contribution in [0.1, 0.15) is 0 Å². The molecule has 4 nitrogen and oxygen atoms in total. The average Bonchev–Trinajstić information content (AvgIpc) is 3.77. The highest BCUT2D eigenvalue weighted by Crippen LogP contribution is 2.42. The first-order valence-corrected chi connectivity index (χ1v) is 18.3. The van der Waals surface area contributed by atoms with Crippen LogP contribution in [-0.2, 0) is 0 Å². The minimum Gasteiger partial charge on any atom is -0.309 e. The van der Waals surface area contributed by atoms with Crippen molar-refractivity contribution in [1.29, 1.82) is 0 Å². The molecule has 8 aromatic carbocycles. The zero-order chi connectivity index (χ0) is 35.6. The normalized spacial score (nSPS) is 11.7. The van der Waals surface area contributed by atoms with E-state index in [1.807, 2.05) is 12.1 Å². The Morgan fingerprint density at radius 2 is 0.815 bits per heavy atom. The summed E-state index contributed by atoms with van der Waals surface area (Å²) in [4.78, 5) is 10.4. The molecule has 3 heterocycles. The molecule has 0 saturated carbocycles. The van der Waals surface area contributed by atoms with Gasteiger partial charge in [0.1, 0.15) is 0 Å². The summed E-state index contributed by atoms with van der Waals surface area (Å²) in [6.07, 6.45) is 0. The summed E-state index contributed by atoms with van der Waals surface area (Å²) in [5.41, 5.74) is 13.2. The number of hydrogen-bond donors (Lipinski definition) is 0. The van der Waals surface area contributed by atoms with Gasteiger partial charge in [0, 0.05) is 49.4 Å². The monoisotopic (exact) mass is 688 g/mol. The molecule has 54 heavy (non-hydrogen) atoms. The summed E-state index contributed by atoms with van der Waals surface area (Å²) >= 11 is 0. The van der Waals surface area contributed by atoms with Crippen molar-refractivity contribution in [3.63, 3.8) is 0 Å². The lowest BCUT2D eigenvalue weighted by Crippen LogP contribution is -1.98. The molecule has 0 unspecified atom stereocenters. The van der Waals surface area contributed by atoms with Gasteiger partial charge in [0.15, 0.2) is 5.82 Å². The summed E-state index contributed by atoms with van der Waals surface area (Å²) in [5, 5.41) is 6.02. The van der Waals surface area contributed by atoms with Crippen LogP contribution in [0.15, 0.2) is 194 Å². The third-order valence-corrected chi connectivity index (χ3v) is 10.7. The standard InChI is InChI=1S/C50H32N4/c1-3-14-33(15-4-1)34-26-28-35(29-27-34)49-39-20-7-10-23-42(39)51-50(52-49)36-16-13-19-38(32-36)54-44-25-12-9-22-41(44)48-46(54)31-30-45-47(48)40-21-8-11-24-43(40)53(45)37-17-5-2-6-18-37/h1-32H. The Kier molecular flexibility index (Phi) is 6.82. The van der Waals surface area contributed by atoms with Crippen molar-refractivity contribution in [2.75, 3.05) is 0 Å². The van der Waals surface area contributed by atoms with E-state index in [0.717, 1.165) is 50.1 Å². The van der Waals surface area contributed by atoms with Crippen molar-refractivity contribution in [2.45, 2.75) is 0 Å². The van der Waals surface area contributed by atoms with Crippen LogP contribution in [0.3, 0.4) is 0 Å². The van der Waals surface area contributed by atoms with E-state index >= 15 is 0 Å². The number of aromatic nitrogens is 4. The van der Waals surface area contributed by atoms with Crippen molar-refractivity contribution in [3.8, 4) is 45.1 Å². The van der Waals surface area contributed by atoms with Gasteiger partial charge in [-0.2, -0.15) is 0 Å². The van der Waals surface area contributed by atoms with E-state index < -0.39 is 0 Å². The molecular formula is C50H32N4. The molecule has 4 heteroatoms. The van der Waals surface area contributed by atoms with Crippen LogP contribution >= 0.6 is 0 Å². The predicted octanol–water partition coefficient (Wildman–Crippen LogP) is 12.8. The Labute approximate surface area is 311 Å². The number of para-hydroxylation sites is 4. The van der Waals surface area contributed by atoms with E-state index in [9.17, 15) is 0 Å². The quantitative estimate of drug-likeness (QED) is 0.180. The van der Waals surface area contributed by atoms with Crippen LogP contribution in [0.2, 0.25) is 0 Å². The highest BCUT2D eigenvalue weighted by atomic mass is 15.0. The number of nitrogens with zero attached hydrogens (tertiary/aromatic N) is 4. The number of benzene rings is 8. The van der Waals surface area contributed by atoms with Gasteiger partial charge in [0.05, 0.1) is 33.3 Å². The number of fused-ring (bicyclic) bond motifs is 8. The Balaban J connectivity index is 1.10. The molecule has 0 saturated heterocycles. The Morgan fingerprint density at radius 3 is 1.50 bits per heavy atom. The van der Waals surface area contributed by atoms with Crippen LogP contribution < -0.4 is 0 Å². The number of rotatable bonds is 5. The molecule has 252 valence electrons. The fraction of sp³-hybridized carbons (Fsp3) is 0. The molecule has 0 aliphatic heterocycles. The molecule has 3 aromatic heterocycles. The molecule has 0 bridgehead atoms. The molecule has 0 N–H and O–H groups in total. The van der Waals surface area contributed by atoms with E-state index in [-0.39, 0.29) is 0 Å². The van der Waals surface area contributed by atoms with Crippen LogP contribution in [0.25, 0.3) is 99.7 Å². The molecule has 11 aromatic rings. The second-order valence-corrected chi connectivity index (χ2v) is 13.8. The average molecular weight is 689 g/mol. The Morgan fingerprint density at radius 1 is 0.315 bits per heavy atom. The molecule has 11 rings (SSSR count). The maximum Gasteiger partial charge on any atom is 0.160 e. The fourth-order valence-corrected chi connectivity index (χ4v) is 8.31. The maximum atomic E-state index is 5.27. The fourth-order valence-electron chi connectivity index (χ4n) is 8.31. The van der Waals surface area contributed by atoms with E-state index in [4.69, 9.17) is 9.97 Å². The molecule has 0 amide bonds. The third kappa shape index (κ3) is 4.70. The zero-order valence-electron chi connectivity index (χ0n) is 29.3. The highest BCUT2D eigenvalue weighted by molar-refractivity contribution is 6.28. The van der Waals surface area contributed by atoms with Gasteiger partial charge in [-0.3, -0.25) is 0 Å². The minimum absolute atomic E-state index is 0.701. The molecule has 0 spiro atoms. The van der Waals surface area contributed by atoms with Gasteiger partial charge in [0.25, 0.3) is 0 Å². The first-order valence-electron chi connectivity index (χ1n) is 18.3. The second-order valence-electron chi connectivity index (χ2n) is 13.8. The lowest BCUT2D eigenvalue weighted by molar-refractivity contribution is 1.17. The topological polar surface area (TPSA) is 35.6 Å². The lowest BCUT2D eigenvalue weighted by atomic mass is 10.0. The third-order valence-electron chi connectivity index (χ3n) is 10.7. The molecular weight excluding hydrogens is 657 g/mol. The maximum absolute atomic E-state index is 5.27. The minimum atomic E-state index is 0.701. The first-order chi connectivity index (χ1) is 26.8. The summed E-state index contributed by atoms with van der Waals surface area (Å²) < 4.78 is 4.78. The summed E-state index contributed by atoms with van der Waals surface area (Å²) in [5.74, 6) is 0.701. The van der Waals surface area contributed by atoms with Crippen LogP contribution in [0, 0.1) is 0 Å². The van der Waals surface area contributed by atoms with Gasteiger partial charge in [-0.05, 0) is 65.7 Å². The van der Waals surface area contributed by atoms with Crippen molar-refractivity contribution in [1.82, 2.24) is 19.1 Å². The van der Waals surface area contributed by atoms with Gasteiger partial charge >= 0.3 is 0 Å². The van der Waals surface area contributed by atoms with Crippen LogP contribution in [-0.4, -0.2) is 19.1 Å². The van der Waals surface area contributed by atoms with E-state index in [2.05, 4.69) is 191 Å². The largest absolute Gasteiger partial charge is 0.309 e. The van der Waals surface area contributed by atoms with Gasteiger partial charge in [-0.15, -0.1) is 0 Å². The Bertz CT molecular complexity index is 3190. The van der Waals surface area contributed by atoms with E-state index in [1.54, 1.807) is 0 Å². The smallest absolute Gasteiger partial charge is 0.160 e. The molecule has 0 radical (unpaired) electrons. The second kappa shape index (κ2) is 12.1. The number of hydrogen-bond acceptors (Lipinski definition) is 2. The van der Waals surface area contributed by atoms with E-state index in [1.165, 1.54) is 43.7 Å². The highest BCUT2D eigenvalue weighted by Gasteiger charge is 2.21. The predicted molar refractivity (Wildman–Crippen MR) is 225 cm³/mol. The van der Waals surface area contributed by atoms with Crippen molar-refractivity contribution in [2.24, 2.45) is 0 Å². The van der Waals surface area contributed by atoms with Crippen LogP contribution in [0.4, 0.5) is 0 Å². The van der Waals surface area contributed by atoms with Gasteiger partial charge in [0.2, 0.25) is 0 Å².